The Bertz CT molecular complexity index is 414. The Kier molecular flexibility index (Phi) is 5.47. The van der Waals surface area contributed by atoms with Crippen LogP contribution in [-0.4, -0.2) is 25.2 Å². The lowest BCUT2D eigenvalue weighted by Crippen LogP contribution is -2.56. The van der Waals surface area contributed by atoms with E-state index in [-0.39, 0.29) is 0 Å². The number of anilines is 1. The maximum absolute atomic E-state index is 3.72. The summed E-state index contributed by atoms with van der Waals surface area (Å²) in [5, 5.41) is 3.72. The Labute approximate surface area is 124 Å². The molecule has 1 aromatic rings. The van der Waals surface area contributed by atoms with Gasteiger partial charge in [-0.1, -0.05) is 46.2 Å². The van der Waals surface area contributed by atoms with Crippen molar-refractivity contribution in [3.05, 3.63) is 29.8 Å². The summed E-state index contributed by atoms with van der Waals surface area (Å²) in [5.74, 6) is 0.601. The van der Waals surface area contributed by atoms with Crippen LogP contribution in [0.3, 0.4) is 0 Å². The number of nitrogens with one attached hydrogen (secondary N) is 1. The highest BCUT2D eigenvalue weighted by molar-refractivity contribution is 5.51. The van der Waals surface area contributed by atoms with Gasteiger partial charge in [0.15, 0.2) is 0 Å². The molecular formula is C18H30N2. The lowest BCUT2D eigenvalue weighted by atomic mass is 9.99. The zero-order valence-corrected chi connectivity index (χ0v) is 13.5. The Balaban J connectivity index is 2.19. The van der Waals surface area contributed by atoms with E-state index in [0.29, 0.717) is 18.0 Å². The molecule has 1 N–H and O–H groups in total. The normalized spacial score (nSPS) is 23.4. The monoisotopic (exact) mass is 274 g/mol. The molecule has 2 unspecified atom stereocenters. The SMILES string of the molecule is CCCC1CN(c2cccc(C(C)C)c2)C(CC)CN1. The summed E-state index contributed by atoms with van der Waals surface area (Å²) in [6, 6.07) is 10.4. The lowest BCUT2D eigenvalue weighted by Gasteiger charge is -2.42. The third kappa shape index (κ3) is 3.54. The topological polar surface area (TPSA) is 15.3 Å². The van der Waals surface area contributed by atoms with Crippen LogP contribution in [0.25, 0.3) is 0 Å². The Morgan fingerprint density at radius 2 is 2.10 bits per heavy atom. The van der Waals surface area contributed by atoms with Gasteiger partial charge in [0.25, 0.3) is 0 Å². The summed E-state index contributed by atoms with van der Waals surface area (Å²) in [4.78, 5) is 2.63. The van der Waals surface area contributed by atoms with E-state index in [9.17, 15) is 0 Å². The van der Waals surface area contributed by atoms with Crippen molar-refractivity contribution >= 4 is 5.69 Å². The van der Waals surface area contributed by atoms with E-state index >= 15 is 0 Å². The van der Waals surface area contributed by atoms with E-state index in [0.717, 1.165) is 13.1 Å². The van der Waals surface area contributed by atoms with Gasteiger partial charge in [-0.05, 0) is 36.5 Å². The van der Waals surface area contributed by atoms with Gasteiger partial charge in [0.2, 0.25) is 0 Å². The van der Waals surface area contributed by atoms with Crippen molar-refractivity contribution < 1.29 is 0 Å². The van der Waals surface area contributed by atoms with E-state index in [1.165, 1.54) is 30.5 Å². The van der Waals surface area contributed by atoms with Crippen LogP contribution < -0.4 is 10.2 Å². The fourth-order valence-electron chi connectivity index (χ4n) is 3.15. The highest BCUT2D eigenvalue weighted by Gasteiger charge is 2.26. The first-order valence-electron chi connectivity index (χ1n) is 8.25. The van der Waals surface area contributed by atoms with Gasteiger partial charge in [-0.15, -0.1) is 0 Å². The summed E-state index contributed by atoms with van der Waals surface area (Å²) in [5.41, 5.74) is 2.86. The summed E-state index contributed by atoms with van der Waals surface area (Å²) < 4.78 is 0. The molecule has 20 heavy (non-hydrogen) atoms. The second-order valence-electron chi connectivity index (χ2n) is 6.36. The Morgan fingerprint density at radius 1 is 1.30 bits per heavy atom. The molecule has 2 atom stereocenters. The smallest absolute Gasteiger partial charge is 0.0412 e. The quantitative estimate of drug-likeness (QED) is 0.867. The van der Waals surface area contributed by atoms with Gasteiger partial charge in [-0.3, -0.25) is 0 Å². The molecule has 0 radical (unpaired) electrons. The molecule has 0 aromatic heterocycles. The predicted molar refractivity (Wildman–Crippen MR) is 88.7 cm³/mol. The molecule has 112 valence electrons. The zero-order valence-electron chi connectivity index (χ0n) is 13.5. The molecule has 1 aliphatic rings. The Hall–Kier alpha value is -1.02. The fourth-order valence-corrected chi connectivity index (χ4v) is 3.15. The van der Waals surface area contributed by atoms with Gasteiger partial charge in [-0.25, -0.2) is 0 Å². The summed E-state index contributed by atoms with van der Waals surface area (Å²) in [7, 11) is 0. The molecule has 1 aromatic carbocycles. The van der Waals surface area contributed by atoms with Crippen molar-refractivity contribution in [1.29, 1.82) is 0 Å². The summed E-state index contributed by atoms with van der Waals surface area (Å²) >= 11 is 0. The first-order chi connectivity index (χ1) is 9.65. The molecule has 2 heteroatoms. The third-order valence-corrected chi connectivity index (χ3v) is 4.48. The van der Waals surface area contributed by atoms with Gasteiger partial charge >= 0.3 is 0 Å². The average Bonchev–Trinajstić information content (AvgIpc) is 2.47. The number of hydrogen-bond acceptors (Lipinski definition) is 2. The van der Waals surface area contributed by atoms with Crippen LogP contribution in [0.2, 0.25) is 0 Å². The van der Waals surface area contributed by atoms with Crippen LogP contribution in [0.5, 0.6) is 0 Å². The standard InChI is InChI=1S/C18H30N2/c1-5-8-16-13-20(17(6-2)12-19-16)18-10-7-9-15(11-18)14(3)4/h7,9-11,14,16-17,19H,5-6,8,12-13H2,1-4H3. The zero-order chi connectivity index (χ0) is 14.5. The first-order valence-corrected chi connectivity index (χ1v) is 8.25. The largest absolute Gasteiger partial charge is 0.366 e. The lowest BCUT2D eigenvalue weighted by molar-refractivity contribution is 0.369. The molecule has 2 rings (SSSR count). The van der Waals surface area contributed by atoms with E-state index in [1.807, 2.05) is 0 Å². The van der Waals surface area contributed by atoms with Crippen LogP contribution in [0.1, 0.15) is 58.4 Å². The molecular weight excluding hydrogens is 244 g/mol. The maximum atomic E-state index is 3.72. The van der Waals surface area contributed by atoms with Crippen LogP contribution in [0.4, 0.5) is 5.69 Å². The number of benzene rings is 1. The molecule has 0 bridgehead atoms. The van der Waals surface area contributed by atoms with Gasteiger partial charge in [0.1, 0.15) is 0 Å². The van der Waals surface area contributed by atoms with Crippen molar-refractivity contribution in [2.24, 2.45) is 0 Å². The molecule has 0 saturated carbocycles. The minimum absolute atomic E-state index is 0.601. The van der Waals surface area contributed by atoms with Crippen molar-refractivity contribution in [1.82, 2.24) is 5.32 Å². The number of nitrogens with zero attached hydrogens (tertiary/aromatic N) is 1. The van der Waals surface area contributed by atoms with Gasteiger partial charge in [0.05, 0.1) is 0 Å². The minimum Gasteiger partial charge on any atom is -0.366 e. The highest BCUT2D eigenvalue weighted by Crippen LogP contribution is 2.26. The van der Waals surface area contributed by atoms with Crippen LogP contribution in [-0.2, 0) is 0 Å². The third-order valence-electron chi connectivity index (χ3n) is 4.48. The summed E-state index contributed by atoms with van der Waals surface area (Å²) in [6.07, 6.45) is 3.74. The summed E-state index contributed by atoms with van der Waals surface area (Å²) in [6.45, 7) is 11.4. The molecule has 1 heterocycles. The van der Waals surface area contributed by atoms with Gasteiger partial charge in [0, 0.05) is 30.9 Å². The van der Waals surface area contributed by atoms with Crippen molar-refractivity contribution in [3.8, 4) is 0 Å². The number of rotatable bonds is 5. The fraction of sp³-hybridized carbons (Fsp3) is 0.667. The van der Waals surface area contributed by atoms with Gasteiger partial charge in [-0.2, -0.15) is 0 Å². The van der Waals surface area contributed by atoms with E-state index < -0.39 is 0 Å². The van der Waals surface area contributed by atoms with E-state index in [1.54, 1.807) is 0 Å². The minimum atomic E-state index is 0.601. The van der Waals surface area contributed by atoms with Crippen molar-refractivity contribution in [3.63, 3.8) is 0 Å². The molecule has 1 fully saturated rings. The molecule has 0 spiro atoms. The molecule has 1 saturated heterocycles. The van der Waals surface area contributed by atoms with Gasteiger partial charge < -0.3 is 10.2 Å². The number of piperazine rings is 1. The average molecular weight is 274 g/mol. The molecule has 0 amide bonds. The predicted octanol–water partition coefficient (Wildman–Crippen LogP) is 4.17. The first kappa shape index (κ1) is 15.4. The Morgan fingerprint density at radius 3 is 2.75 bits per heavy atom. The molecule has 2 nitrogen and oxygen atoms in total. The number of hydrogen-bond donors (Lipinski definition) is 1. The second-order valence-corrected chi connectivity index (χ2v) is 6.36. The highest BCUT2D eigenvalue weighted by atomic mass is 15.2. The molecule has 1 aliphatic heterocycles. The van der Waals surface area contributed by atoms with Crippen LogP contribution in [0, 0.1) is 0 Å². The van der Waals surface area contributed by atoms with E-state index in [4.69, 9.17) is 0 Å². The van der Waals surface area contributed by atoms with Crippen molar-refractivity contribution in [2.75, 3.05) is 18.0 Å². The molecule has 0 aliphatic carbocycles. The van der Waals surface area contributed by atoms with E-state index in [2.05, 4.69) is 62.2 Å². The second kappa shape index (κ2) is 7.12. The van der Waals surface area contributed by atoms with Crippen LogP contribution in [0.15, 0.2) is 24.3 Å². The van der Waals surface area contributed by atoms with Crippen LogP contribution >= 0.6 is 0 Å². The van der Waals surface area contributed by atoms with Crippen molar-refractivity contribution in [2.45, 2.75) is 65.0 Å². The maximum Gasteiger partial charge on any atom is 0.0412 e.